The van der Waals surface area contributed by atoms with E-state index < -0.39 is 0 Å². The highest BCUT2D eigenvalue weighted by Crippen LogP contribution is 2.20. The largest absolute Gasteiger partial charge is 0.399 e. The van der Waals surface area contributed by atoms with Gasteiger partial charge in [-0.05, 0) is 41.6 Å². The molecule has 0 aliphatic rings. The second-order valence-electron chi connectivity index (χ2n) is 4.67. The minimum atomic E-state index is -0.00773. The Morgan fingerprint density at radius 2 is 2.20 bits per heavy atom. The third-order valence-corrected chi connectivity index (χ3v) is 4.59. The maximum absolute atomic E-state index is 12.4. The maximum Gasteiger partial charge on any atom is 0.271 e. The van der Waals surface area contributed by atoms with Gasteiger partial charge < -0.3 is 5.73 Å². The zero-order valence-electron chi connectivity index (χ0n) is 10.8. The van der Waals surface area contributed by atoms with Gasteiger partial charge in [-0.3, -0.25) is 9.36 Å². The zero-order valence-corrected chi connectivity index (χ0v) is 13.2. The normalized spacial score (nSPS) is 11.1. The summed E-state index contributed by atoms with van der Waals surface area (Å²) < 4.78 is 3.22. The van der Waals surface area contributed by atoms with Crippen molar-refractivity contribution in [2.45, 2.75) is 13.5 Å². The summed E-state index contributed by atoms with van der Waals surface area (Å²) in [5.74, 6) is 0. The Morgan fingerprint density at radius 3 is 2.95 bits per heavy atom. The Kier molecular flexibility index (Phi) is 3.35. The zero-order chi connectivity index (χ0) is 14.3. The van der Waals surface area contributed by atoms with Crippen molar-refractivity contribution in [1.29, 1.82) is 0 Å². The van der Waals surface area contributed by atoms with Gasteiger partial charge in [0.1, 0.15) is 4.70 Å². The van der Waals surface area contributed by atoms with Crippen molar-refractivity contribution >= 4 is 43.2 Å². The van der Waals surface area contributed by atoms with Crippen LogP contribution >= 0.6 is 27.3 Å². The summed E-state index contributed by atoms with van der Waals surface area (Å²) in [5.41, 5.74) is 9.28. The summed E-state index contributed by atoms with van der Waals surface area (Å²) in [6.45, 7) is 2.42. The number of rotatable bonds is 2. The van der Waals surface area contributed by atoms with Crippen molar-refractivity contribution < 1.29 is 0 Å². The number of aryl methyl sites for hydroxylation is 1. The van der Waals surface area contributed by atoms with E-state index in [2.05, 4.69) is 20.9 Å². The van der Waals surface area contributed by atoms with Crippen molar-refractivity contribution in [2.75, 3.05) is 5.73 Å². The molecule has 6 heteroatoms. The van der Waals surface area contributed by atoms with E-state index in [0.717, 1.165) is 21.1 Å². The lowest BCUT2D eigenvalue weighted by Gasteiger charge is -2.07. The molecule has 0 amide bonds. The second kappa shape index (κ2) is 5.03. The highest BCUT2D eigenvalue weighted by molar-refractivity contribution is 9.10. The number of thiophene rings is 1. The van der Waals surface area contributed by atoms with Crippen LogP contribution in [0, 0.1) is 6.92 Å². The molecule has 0 fully saturated rings. The van der Waals surface area contributed by atoms with E-state index in [1.165, 1.54) is 11.3 Å². The molecule has 3 rings (SSSR count). The fraction of sp³-hybridized carbons (Fsp3) is 0.143. The van der Waals surface area contributed by atoms with Gasteiger partial charge in [0.15, 0.2) is 0 Å². The summed E-state index contributed by atoms with van der Waals surface area (Å²) >= 11 is 4.85. The first-order chi connectivity index (χ1) is 9.54. The third-order valence-electron chi connectivity index (χ3n) is 3.06. The smallest absolute Gasteiger partial charge is 0.271 e. The molecule has 4 nitrogen and oxygen atoms in total. The number of nitrogens with two attached hydrogens (primary N) is 1. The van der Waals surface area contributed by atoms with Crippen LogP contribution in [-0.2, 0) is 6.54 Å². The van der Waals surface area contributed by atoms with Crippen LogP contribution in [0.3, 0.4) is 0 Å². The van der Waals surface area contributed by atoms with Crippen LogP contribution in [-0.4, -0.2) is 9.55 Å². The third kappa shape index (κ3) is 2.36. The molecular weight excluding hydrogens is 338 g/mol. The lowest BCUT2D eigenvalue weighted by Crippen LogP contribution is -2.20. The Morgan fingerprint density at radius 1 is 1.40 bits per heavy atom. The number of halogens is 1. The van der Waals surface area contributed by atoms with Crippen LogP contribution in [0.15, 0.2) is 39.2 Å². The van der Waals surface area contributed by atoms with Gasteiger partial charge in [0.2, 0.25) is 0 Å². The monoisotopic (exact) mass is 349 g/mol. The molecule has 0 aliphatic heterocycles. The minimum Gasteiger partial charge on any atom is -0.399 e. The summed E-state index contributed by atoms with van der Waals surface area (Å²) in [6, 6.07) is 5.64. The van der Waals surface area contributed by atoms with E-state index >= 15 is 0 Å². The van der Waals surface area contributed by atoms with Gasteiger partial charge in [-0.1, -0.05) is 15.9 Å². The molecule has 0 bridgehead atoms. The van der Waals surface area contributed by atoms with E-state index in [1.807, 2.05) is 30.5 Å². The summed E-state index contributed by atoms with van der Waals surface area (Å²) in [5, 5.41) is 1.96. The molecule has 2 heterocycles. The van der Waals surface area contributed by atoms with Crippen LogP contribution in [0.25, 0.3) is 10.2 Å². The topological polar surface area (TPSA) is 60.9 Å². The van der Waals surface area contributed by atoms with Crippen molar-refractivity contribution in [3.05, 3.63) is 55.9 Å². The molecule has 2 aromatic heterocycles. The van der Waals surface area contributed by atoms with E-state index in [-0.39, 0.29) is 5.56 Å². The van der Waals surface area contributed by atoms with E-state index in [0.29, 0.717) is 16.9 Å². The molecule has 0 radical (unpaired) electrons. The van der Waals surface area contributed by atoms with Crippen LogP contribution in [0.5, 0.6) is 0 Å². The molecule has 102 valence electrons. The number of hydrogen-bond donors (Lipinski definition) is 1. The van der Waals surface area contributed by atoms with Gasteiger partial charge in [0.25, 0.3) is 5.56 Å². The average molecular weight is 350 g/mol. The molecule has 0 saturated heterocycles. The summed E-state index contributed by atoms with van der Waals surface area (Å²) in [4.78, 5) is 16.8. The van der Waals surface area contributed by atoms with E-state index in [1.54, 1.807) is 10.9 Å². The van der Waals surface area contributed by atoms with Crippen LogP contribution in [0.4, 0.5) is 5.69 Å². The number of benzene rings is 1. The highest BCUT2D eigenvalue weighted by atomic mass is 79.9. The molecular formula is C14H12BrN3OS. The predicted molar refractivity (Wildman–Crippen MR) is 86.3 cm³/mol. The number of aromatic nitrogens is 2. The van der Waals surface area contributed by atoms with Crippen molar-refractivity contribution in [3.63, 3.8) is 0 Å². The molecule has 3 aromatic rings. The molecule has 0 atom stereocenters. The van der Waals surface area contributed by atoms with Gasteiger partial charge in [0.05, 0.1) is 18.4 Å². The SMILES string of the molecule is Cc1csc2c(=O)n(Cc3cc(N)cc(Br)c3)cnc12. The molecule has 0 unspecified atom stereocenters. The maximum atomic E-state index is 12.4. The molecule has 0 saturated carbocycles. The first-order valence-corrected chi connectivity index (χ1v) is 7.70. The fourth-order valence-electron chi connectivity index (χ4n) is 2.14. The van der Waals surface area contributed by atoms with Gasteiger partial charge in [-0.15, -0.1) is 11.3 Å². The van der Waals surface area contributed by atoms with Crippen molar-refractivity contribution in [2.24, 2.45) is 0 Å². The Hall–Kier alpha value is -1.66. The van der Waals surface area contributed by atoms with Gasteiger partial charge >= 0.3 is 0 Å². The molecule has 1 aromatic carbocycles. The Bertz CT molecular complexity index is 833. The van der Waals surface area contributed by atoms with Crippen molar-refractivity contribution in [1.82, 2.24) is 9.55 Å². The highest BCUT2D eigenvalue weighted by Gasteiger charge is 2.09. The minimum absolute atomic E-state index is 0.00773. The molecule has 0 aliphatic carbocycles. The van der Waals surface area contributed by atoms with E-state index in [4.69, 9.17) is 5.73 Å². The lowest BCUT2D eigenvalue weighted by atomic mass is 10.2. The van der Waals surface area contributed by atoms with Crippen molar-refractivity contribution in [3.8, 4) is 0 Å². The lowest BCUT2D eigenvalue weighted by molar-refractivity contribution is 0.749. The molecule has 2 N–H and O–H groups in total. The average Bonchev–Trinajstić information content (AvgIpc) is 2.74. The van der Waals surface area contributed by atoms with Crippen LogP contribution in [0.2, 0.25) is 0 Å². The Labute approximate surface area is 128 Å². The standard InChI is InChI=1S/C14H12BrN3OS/c1-8-6-20-13-12(8)17-7-18(14(13)19)5-9-2-10(15)4-11(16)3-9/h2-4,6-7H,5,16H2,1H3. The predicted octanol–water partition coefficient (Wildman–Crippen LogP) is 3.16. The van der Waals surface area contributed by atoms with Gasteiger partial charge in [0, 0.05) is 10.2 Å². The number of nitrogen functional groups attached to an aromatic ring is 1. The molecule has 20 heavy (non-hydrogen) atoms. The van der Waals surface area contributed by atoms with Gasteiger partial charge in [-0.25, -0.2) is 4.98 Å². The first-order valence-electron chi connectivity index (χ1n) is 6.03. The van der Waals surface area contributed by atoms with E-state index in [9.17, 15) is 4.79 Å². The first kappa shape index (κ1) is 13.3. The Balaban J connectivity index is 2.06. The summed E-state index contributed by atoms with van der Waals surface area (Å²) in [7, 11) is 0. The second-order valence-corrected chi connectivity index (χ2v) is 6.46. The number of fused-ring (bicyclic) bond motifs is 1. The fourth-order valence-corrected chi connectivity index (χ4v) is 3.64. The quantitative estimate of drug-likeness (QED) is 0.723. The van der Waals surface area contributed by atoms with Gasteiger partial charge in [-0.2, -0.15) is 0 Å². The summed E-state index contributed by atoms with van der Waals surface area (Å²) in [6.07, 6.45) is 1.60. The number of hydrogen-bond acceptors (Lipinski definition) is 4. The van der Waals surface area contributed by atoms with Crippen LogP contribution < -0.4 is 11.3 Å². The number of anilines is 1. The number of nitrogens with zero attached hydrogens (tertiary/aromatic N) is 2. The molecule has 0 spiro atoms. The van der Waals surface area contributed by atoms with Crippen LogP contribution in [0.1, 0.15) is 11.1 Å².